The first-order valence-electron chi connectivity index (χ1n) is 8.18. The number of Topliss-reactive ketones (excluding diaryl/α,β-unsaturated/α-hetero) is 1. The number of fused-ring (bicyclic) bond motifs is 1. The van der Waals surface area contributed by atoms with Crippen LogP contribution in [0.4, 0.5) is 0 Å². The normalized spacial score (nSPS) is 20.0. The predicted molar refractivity (Wildman–Crippen MR) is 90.5 cm³/mol. The molecule has 2 aromatic rings. The van der Waals surface area contributed by atoms with Gasteiger partial charge in [-0.05, 0) is 51.3 Å². The van der Waals surface area contributed by atoms with Gasteiger partial charge in [0.1, 0.15) is 17.9 Å². The standard InChI is InChI=1S/C19H22O5/c1-12-8-18(21)24-17-9-14(4-5-15(12)17)22-11-16(20)13-6-7-23-19(2,3)10-13/h4-5,8-9,13H,6-7,10-11H2,1-3H3/t13-/m0/s1. The molecule has 0 N–H and O–H groups in total. The van der Waals surface area contributed by atoms with Crippen LogP contribution in [0.2, 0.25) is 0 Å². The third-order valence-corrected chi connectivity index (χ3v) is 4.46. The average Bonchev–Trinajstić information content (AvgIpc) is 2.51. The first kappa shape index (κ1) is 16.7. The number of carbonyl (C=O) groups excluding carboxylic acids is 1. The van der Waals surface area contributed by atoms with E-state index in [1.54, 1.807) is 12.1 Å². The predicted octanol–water partition coefficient (Wildman–Crippen LogP) is 3.25. The molecule has 3 rings (SSSR count). The van der Waals surface area contributed by atoms with Crippen LogP contribution >= 0.6 is 0 Å². The summed E-state index contributed by atoms with van der Waals surface area (Å²) in [6.45, 7) is 6.48. The van der Waals surface area contributed by atoms with Gasteiger partial charge in [0.2, 0.25) is 0 Å². The minimum Gasteiger partial charge on any atom is -0.486 e. The lowest BCUT2D eigenvalue weighted by atomic mass is 9.86. The van der Waals surface area contributed by atoms with Gasteiger partial charge >= 0.3 is 5.63 Å². The summed E-state index contributed by atoms with van der Waals surface area (Å²) in [6, 6.07) is 6.74. The quantitative estimate of drug-likeness (QED) is 0.805. The van der Waals surface area contributed by atoms with Gasteiger partial charge in [0, 0.05) is 30.0 Å². The van der Waals surface area contributed by atoms with Crippen molar-refractivity contribution in [1.82, 2.24) is 0 Å². The van der Waals surface area contributed by atoms with Crippen molar-refractivity contribution in [2.45, 2.75) is 39.2 Å². The largest absolute Gasteiger partial charge is 0.486 e. The number of hydrogen-bond donors (Lipinski definition) is 0. The second-order valence-corrected chi connectivity index (χ2v) is 6.96. The third kappa shape index (κ3) is 3.67. The van der Waals surface area contributed by atoms with Gasteiger partial charge in [-0.2, -0.15) is 0 Å². The number of ether oxygens (including phenoxy) is 2. The van der Waals surface area contributed by atoms with Crippen molar-refractivity contribution >= 4 is 16.8 Å². The van der Waals surface area contributed by atoms with Gasteiger partial charge in [0.25, 0.3) is 0 Å². The summed E-state index contributed by atoms with van der Waals surface area (Å²) < 4.78 is 16.5. The SMILES string of the molecule is Cc1cc(=O)oc2cc(OCC(=O)[C@H]3CCOC(C)(C)C3)ccc12. The van der Waals surface area contributed by atoms with E-state index >= 15 is 0 Å². The van der Waals surface area contributed by atoms with Gasteiger partial charge in [0.05, 0.1) is 5.60 Å². The maximum atomic E-state index is 12.4. The van der Waals surface area contributed by atoms with Crippen molar-refractivity contribution in [3.8, 4) is 5.75 Å². The van der Waals surface area contributed by atoms with Gasteiger partial charge in [-0.15, -0.1) is 0 Å². The van der Waals surface area contributed by atoms with E-state index in [-0.39, 0.29) is 23.9 Å². The summed E-state index contributed by atoms with van der Waals surface area (Å²) in [5.74, 6) is 0.572. The second-order valence-electron chi connectivity index (χ2n) is 6.96. The molecular formula is C19H22O5. The summed E-state index contributed by atoms with van der Waals surface area (Å²) in [5, 5.41) is 0.861. The van der Waals surface area contributed by atoms with Crippen molar-refractivity contribution in [3.63, 3.8) is 0 Å². The molecule has 0 spiro atoms. The zero-order chi connectivity index (χ0) is 17.3. The first-order valence-corrected chi connectivity index (χ1v) is 8.18. The summed E-state index contributed by atoms with van der Waals surface area (Å²) in [6.07, 6.45) is 1.44. The molecule has 5 heteroatoms. The van der Waals surface area contributed by atoms with Crippen molar-refractivity contribution in [3.05, 3.63) is 40.2 Å². The molecule has 1 aliphatic rings. The molecule has 5 nitrogen and oxygen atoms in total. The van der Waals surface area contributed by atoms with Crippen LogP contribution in [0.3, 0.4) is 0 Å². The van der Waals surface area contributed by atoms with Crippen LogP contribution in [0.25, 0.3) is 11.0 Å². The molecule has 2 heterocycles. The summed E-state index contributed by atoms with van der Waals surface area (Å²) in [5.41, 5.74) is 0.672. The molecule has 1 saturated heterocycles. The Morgan fingerprint density at radius 3 is 2.88 bits per heavy atom. The van der Waals surface area contributed by atoms with Crippen LogP contribution in [0.1, 0.15) is 32.3 Å². The van der Waals surface area contributed by atoms with Crippen LogP contribution in [-0.2, 0) is 9.53 Å². The Morgan fingerprint density at radius 2 is 2.12 bits per heavy atom. The molecule has 0 unspecified atom stereocenters. The zero-order valence-corrected chi connectivity index (χ0v) is 14.3. The van der Waals surface area contributed by atoms with Gasteiger partial charge < -0.3 is 13.9 Å². The van der Waals surface area contributed by atoms with Crippen LogP contribution in [0, 0.1) is 12.8 Å². The number of ketones is 1. The maximum Gasteiger partial charge on any atom is 0.336 e. The maximum absolute atomic E-state index is 12.4. The molecule has 0 aliphatic carbocycles. The summed E-state index contributed by atoms with van der Waals surface area (Å²) >= 11 is 0. The monoisotopic (exact) mass is 330 g/mol. The molecule has 0 bridgehead atoms. The van der Waals surface area contributed by atoms with Gasteiger partial charge in [-0.25, -0.2) is 4.79 Å². The van der Waals surface area contributed by atoms with Crippen LogP contribution in [0.5, 0.6) is 5.75 Å². The Balaban J connectivity index is 1.69. The molecule has 0 radical (unpaired) electrons. The zero-order valence-electron chi connectivity index (χ0n) is 14.3. The molecular weight excluding hydrogens is 308 g/mol. The molecule has 1 atom stereocenters. The molecule has 128 valence electrons. The Morgan fingerprint density at radius 1 is 1.33 bits per heavy atom. The van der Waals surface area contributed by atoms with Gasteiger partial charge in [-0.3, -0.25) is 4.79 Å². The average molecular weight is 330 g/mol. The lowest BCUT2D eigenvalue weighted by Crippen LogP contribution is -2.38. The number of carbonyl (C=O) groups is 1. The fourth-order valence-corrected chi connectivity index (χ4v) is 3.17. The smallest absolute Gasteiger partial charge is 0.336 e. The van der Waals surface area contributed by atoms with Crippen molar-refractivity contribution in [1.29, 1.82) is 0 Å². The molecule has 1 fully saturated rings. The van der Waals surface area contributed by atoms with Crippen molar-refractivity contribution in [2.24, 2.45) is 5.92 Å². The Kier molecular flexibility index (Phi) is 4.45. The van der Waals surface area contributed by atoms with E-state index in [2.05, 4.69) is 0 Å². The molecule has 1 aliphatic heterocycles. The highest BCUT2D eigenvalue weighted by Gasteiger charge is 2.32. The van der Waals surface area contributed by atoms with E-state index in [0.717, 1.165) is 17.4 Å². The lowest BCUT2D eigenvalue weighted by molar-refractivity contribution is -0.135. The highest BCUT2D eigenvalue weighted by Crippen LogP contribution is 2.29. The van der Waals surface area contributed by atoms with Gasteiger partial charge in [-0.1, -0.05) is 0 Å². The topological polar surface area (TPSA) is 65.7 Å². The highest BCUT2D eigenvalue weighted by molar-refractivity contribution is 5.83. The minimum atomic E-state index is -0.391. The molecule has 0 saturated carbocycles. The lowest BCUT2D eigenvalue weighted by Gasteiger charge is -2.34. The Labute approximate surface area is 140 Å². The van der Waals surface area contributed by atoms with E-state index in [1.165, 1.54) is 6.07 Å². The van der Waals surface area contributed by atoms with E-state index in [4.69, 9.17) is 13.9 Å². The van der Waals surface area contributed by atoms with Crippen LogP contribution in [-0.4, -0.2) is 24.6 Å². The van der Waals surface area contributed by atoms with E-state index in [9.17, 15) is 9.59 Å². The fraction of sp³-hybridized carbons (Fsp3) is 0.474. The first-order chi connectivity index (χ1) is 11.3. The van der Waals surface area contributed by atoms with Gasteiger partial charge in [0.15, 0.2) is 5.78 Å². The highest BCUT2D eigenvalue weighted by atomic mass is 16.5. The fourth-order valence-electron chi connectivity index (χ4n) is 3.17. The summed E-state index contributed by atoms with van der Waals surface area (Å²) in [4.78, 5) is 23.9. The van der Waals surface area contributed by atoms with Crippen molar-refractivity contribution < 1.29 is 18.7 Å². The van der Waals surface area contributed by atoms with E-state index in [1.807, 2.05) is 26.8 Å². The second kappa shape index (κ2) is 6.40. The number of hydrogen-bond acceptors (Lipinski definition) is 5. The van der Waals surface area contributed by atoms with Crippen molar-refractivity contribution in [2.75, 3.05) is 13.2 Å². The summed E-state index contributed by atoms with van der Waals surface area (Å²) in [7, 11) is 0. The number of aryl methyl sites for hydroxylation is 1. The third-order valence-electron chi connectivity index (χ3n) is 4.46. The number of rotatable bonds is 4. The Hall–Kier alpha value is -2.14. The molecule has 1 aromatic heterocycles. The number of benzene rings is 1. The molecule has 1 aromatic carbocycles. The molecule has 24 heavy (non-hydrogen) atoms. The molecule has 0 amide bonds. The minimum absolute atomic E-state index is 0.0162. The van der Waals surface area contributed by atoms with Crippen LogP contribution < -0.4 is 10.4 Å². The van der Waals surface area contributed by atoms with E-state index in [0.29, 0.717) is 24.4 Å². The Bertz CT molecular complexity index is 818. The van der Waals surface area contributed by atoms with E-state index < -0.39 is 5.63 Å². The van der Waals surface area contributed by atoms with Crippen LogP contribution in [0.15, 0.2) is 33.5 Å².